The number of aliphatic carboxylic acids is 1. The quantitative estimate of drug-likeness (QED) is 0.147. The number of carboxylic acids is 1. The largest absolute Gasteiger partial charge is 0.480 e. The summed E-state index contributed by atoms with van der Waals surface area (Å²) in [5.74, 6) is -2.44. The van der Waals surface area contributed by atoms with Crippen molar-refractivity contribution in [3.8, 4) is 34.0 Å². The Hall–Kier alpha value is -5.55. The van der Waals surface area contributed by atoms with Crippen molar-refractivity contribution in [1.82, 2.24) is 15.5 Å². The first kappa shape index (κ1) is 32.8. The van der Waals surface area contributed by atoms with Gasteiger partial charge in [0.15, 0.2) is 0 Å². The van der Waals surface area contributed by atoms with E-state index in [2.05, 4.69) is 20.8 Å². The van der Waals surface area contributed by atoms with Gasteiger partial charge in [-0.15, -0.1) is 0 Å². The zero-order valence-corrected chi connectivity index (χ0v) is 26.3. The lowest BCUT2D eigenvalue weighted by molar-refractivity contribution is -0.139. The number of hydrogen-bond donors (Lipinski definition) is 3. The Morgan fingerprint density at radius 1 is 0.936 bits per heavy atom. The van der Waals surface area contributed by atoms with Crippen molar-refractivity contribution in [2.45, 2.75) is 38.8 Å². The summed E-state index contributed by atoms with van der Waals surface area (Å²) >= 11 is 5.97. The molecule has 1 unspecified atom stereocenters. The molecule has 4 aromatic carbocycles. The third-order valence-electron chi connectivity index (χ3n) is 6.82. The number of carbonyl (C=O) groups is 3. The van der Waals surface area contributed by atoms with E-state index in [0.29, 0.717) is 21.8 Å². The molecule has 1 atom stereocenters. The zero-order valence-electron chi connectivity index (χ0n) is 25.6. The lowest BCUT2D eigenvalue weighted by atomic mass is 10.0. The normalized spacial score (nSPS) is 11.9. The van der Waals surface area contributed by atoms with Crippen molar-refractivity contribution in [3.63, 3.8) is 0 Å². The summed E-state index contributed by atoms with van der Waals surface area (Å²) in [5, 5.41) is 19.4. The van der Waals surface area contributed by atoms with Gasteiger partial charge in [-0.25, -0.2) is 14.0 Å². The second-order valence-electron chi connectivity index (χ2n) is 11.6. The summed E-state index contributed by atoms with van der Waals surface area (Å²) in [7, 11) is 0. The van der Waals surface area contributed by atoms with Crippen LogP contribution in [0.2, 0.25) is 5.02 Å². The molecular formula is C35H30ClFN4O6. The van der Waals surface area contributed by atoms with Gasteiger partial charge >= 0.3 is 12.1 Å². The van der Waals surface area contributed by atoms with E-state index in [9.17, 15) is 19.5 Å². The van der Waals surface area contributed by atoms with Gasteiger partial charge in [0.2, 0.25) is 5.82 Å². The number of amides is 2. The van der Waals surface area contributed by atoms with Crippen molar-refractivity contribution in [2.24, 2.45) is 0 Å². The van der Waals surface area contributed by atoms with Crippen molar-refractivity contribution < 1.29 is 33.1 Å². The monoisotopic (exact) mass is 656 g/mol. The first-order chi connectivity index (χ1) is 22.3. The van der Waals surface area contributed by atoms with Gasteiger partial charge in [-0.3, -0.25) is 10.1 Å². The fourth-order valence-corrected chi connectivity index (χ4v) is 4.72. The minimum atomic E-state index is -1.32. The molecule has 0 aliphatic heterocycles. The van der Waals surface area contributed by atoms with Gasteiger partial charge in [0.25, 0.3) is 11.8 Å². The zero-order chi connectivity index (χ0) is 33.7. The second-order valence-corrected chi connectivity index (χ2v) is 12.0. The maximum Gasteiger partial charge on any atom is 0.412 e. The van der Waals surface area contributed by atoms with E-state index < -0.39 is 35.4 Å². The summed E-state index contributed by atoms with van der Waals surface area (Å²) in [6.45, 7) is 5.28. The molecule has 0 aliphatic rings. The standard InChI is InChI=1S/C35H30ClFN4O6/c1-35(2,3)46-34(45)38-26-14-10-22(11-15-26)32-40-30(41-47-32)27-16-7-20(17-28(27)37)18-29(33(43)44)39-31(42)24-6-4-5-23(19-24)21-8-12-25(36)13-9-21/h4-17,19,29H,18H2,1-3H3,(H,38,45)(H,39,42)(H,43,44). The number of halogens is 2. The van der Waals surface area contributed by atoms with Crippen LogP contribution in [-0.4, -0.2) is 44.9 Å². The molecule has 10 nitrogen and oxygen atoms in total. The topological polar surface area (TPSA) is 144 Å². The first-order valence-corrected chi connectivity index (χ1v) is 14.8. The first-order valence-electron chi connectivity index (χ1n) is 14.5. The molecule has 0 aliphatic carbocycles. The van der Waals surface area contributed by atoms with Gasteiger partial charge in [-0.05, 0) is 98.1 Å². The van der Waals surface area contributed by atoms with E-state index in [1.165, 1.54) is 18.2 Å². The number of carboxylic acid groups (broad SMARTS) is 1. The number of hydrogen-bond acceptors (Lipinski definition) is 7. The highest BCUT2D eigenvalue weighted by atomic mass is 35.5. The van der Waals surface area contributed by atoms with Gasteiger partial charge in [0.05, 0.1) is 5.56 Å². The third kappa shape index (κ3) is 8.59. The third-order valence-corrected chi connectivity index (χ3v) is 7.08. The number of rotatable bonds is 9. The van der Waals surface area contributed by atoms with Crippen molar-refractivity contribution in [3.05, 3.63) is 113 Å². The fourth-order valence-electron chi connectivity index (χ4n) is 4.59. The van der Waals surface area contributed by atoms with Crippen LogP contribution in [0.1, 0.15) is 36.7 Å². The van der Waals surface area contributed by atoms with Crippen LogP contribution in [0, 0.1) is 5.82 Å². The summed E-state index contributed by atoms with van der Waals surface area (Å²) in [4.78, 5) is 41.3. The minimum absolute atomic E-state index is 0.0105. The van der Waals surface area contributed by atoms with Crippen molar-refractivity contribution in [1.29, 1.82) is 0 Å². The van der Waals surface area contributed by atoms with Crippen LogP contribution in [0.3, 0.4) is 0 Å². The SMILES string of the molecule is CC(C)(C)OC(=O)Nc1ccc(-c2nc(-c3ccc(CC(NC(=O)c4cccc(-c5ccc(Cl)cc5)c4)C(=O)O)cc3F)no2)cc1. The van der Waals surface area contributed by atoms with E-state index in [1.54, 1.807) is 75.4 Å². The lowest BCUT2D eigenvalue weighted by Gasteiger charge is -2.19. The Balaban J connectivity index is 1.24. The van der Waals surface area contributed by atoms with Gasteiger partial charge in [-0.1, -0.05) is 47.1 Å². The number of carbonyl (C=O) groups excluding carboxylic acids is 2. The average molecular weight is 657 g/mol. The molecule has 47 heavy (non-hydrogen) atoms. The molecule has 1 aromatic heterocycles. The minimum Gasteiger partial charge on any atom is -0.480 e. The Kier molecular flexibility index (Phi) is 9.67. The highest BCUT2D eigenvalue weighted by Gasteiger charge is 2.23. The molecule has 0 radical (unpaired) electrons. The predicted molar refractivity (Wildman–Crippen MR) is 174 cm³/mol. The molecule has 0 fully saturated rings. The summed E-state index contributed by atoms with van der Waals surface area (Å²) < 4.78 is 25.8. The number of anilines is 1. The molecule has 12 heteroatoms. The molecule has 5 aromatic rings. The van der Waals surface area contributed by atoms with E-state index >= 15 is 4.39 Å². The average Bonchev–Trinajstić information content (AvgIpc) is 3.50. The number of aromatic nitrogens is 2. The maximum atomic E-state index is 15.2. The van der Waals surface area contributed by atoms with Crippen LogP contribution in [-0.2, 0) is 16.0 Å². The van der Waals surface area contributed by atoms with Crippen LogP contribution in [0.5, 0.6) is 0 Å². The van der Waals surface area contributed by atoms with Gasteiger partial charge in [-0.2, -0.15) is 4.98 Å². The fraction of sp³-hybridized carbons (Fsp3) is 0.171. The highest BCUT2D eigenvalue weighted by Crippen LogP contribution is 2.27. The predicted octanol–water partition coefficient (Wildman–Crippen LogP) is 7.64. The van der Waals surface area contributed by atoms with Crippen LogP contribution < -0.4 is 10.6 Å². The lowest BCUT2D eigenvalue weighted by Crippen LogP contribution is -2.42. The Bertz CT molecular complexity index is 1920. The van der Waals surface area contributed by atoms with Crippen LogP contribution in [0.25, 0.3) is 34.0 Å². The molecule has 240 valence electrons. The Morgan fingerprint density at radius 2 is 1.64 bits per heavy atom. The molecule has 0 saturated heterocycles. The Labute approximate surface area is 274 Å². The molecule has 1 heterocycles. The van der Waals surface area contributed by atoms with Crippen molar-refractivity contribution in [2.75, 3.05) is 5.32 Å². The van der Waals surface area contributed by atoms with E-state index in [0.717, 1.165) is 11.1 Å². The molecular weight excluding hydrogens is 627 g/mol. The summed E-state index contributed by atoms with van der Waals surface area (Å²) in [6, 6.07) is 23.2. The molecule has 0 spiro atoms. The molecule has 5 rings (SSSR count). The van der Waals surface area contributed by atoms with E-state index in [1.807, 2.05) is 18.2 Å². The number of ether oxygens (including phenoxy) is 1. The van der Waals surface area contributed by atoms with Crippen LogP contribution >= 0.6 is 11.6 Å². The molecule has 0 saturated carbocycles. The maximum absolute atomic E-state index is 15.2. The smallest absolute Gasteiger partial charge is 0.412 e. The highest BCUT2D eigenvalue weighted by molar-refractivity contribution is 6.30. The van der Waals surface area contributed by atoms with Gasteiger partial charge in [0.1, 0.15) is 17.5 Å². The van der Waals surface area contributed by atoms with Crippen LogP contribution in [0.4, 0.5) is 14.9 Å². The molecule has 2 amide bonds. The number of benzene rings is 4. The van der Waals surface area contributed by atoms with Crippen LogP contribution in [0.15, 0.2) is 95.5 Å². The number of nitrogens with one attached hydrogen (secondary N) is 2. The van der Waals surface area contributed by atoms with E-state index in [4.69, 9.17) is 20.9 Å². The summed E-state index contributed by atoms with van der Waals surface area (Å²) in [5.41, 5.74) is 2.64. The number of nitrogens with zero attached hydrogens (tertiary/aromatic N) is 2. The van der Waals surface area contributed by atoms with Gasteiger partial charge in [0, 0.05) is 28.3 Å². The summed E-state index contributed by atoms with van der Waals surface area (Å²) in [6.07, 6.45) is -0.766. The van der Waals surface area contributed by atoms with E-state index in [-0.39, 0.29) is 29.3 Å². The molecule has 0 bridgehead atoms. The van der Waals surface area contributed by atoms with Crippen molar-refractivity contribution >= 4 is 35.3 Å². The van der Waals surface area contributed by atoms with Gasteiger partial charge < -0.3 is 19.7 Å². The second kappa shape index (κ2) is 13.8. The molecule has 3 N–H and O–H groups in total. The Morgan fingerprint density at radius 3 is 2.30 bits per heavy atom.